The second kappa shape index (κ2) is 7.78. The molecule has 0 aromatic heterocycles. The van der Waals surface area contributed by atoms with Crippen LogP contribution in [0.2, 0.25) is 0 Å². The molecule has 0 saturated heterocycles. The number of urea groups is 1. The molecule has 2 rings (SSSR count). The van der Waals surface area contributed by atoms with Crippen LogP contribution in [0.4, 0.5) is 10.5 Å². The van der Waals surface area contributed by atoms with Crippen LogP contribution in [0.1, 0.15) is 11.1 Å². The number of hydrogen-bond acceptors (Lipinski definition) is 3. The topological polar surface area (TPSA) is 67.4 Å². The van der Waals surface area contributed by atoms with Gasteiger partial charge in [0.15, 0.2) is 0 Å². The van der Waals surface area contributed by atoms with Crippen molar-refractivity contribution in [3.05, 3.63) is 53.6 Å². The monoisotopic (exact) mass is 332 g/mol. The number of hydrogen-bond donors (Lipinski definition) is 2. The quantitative estimate of drug-likeness (QED) is 0.884. The van der Waals surface area contributed by atoms with Crippen molar-refractivity contribution in [1.82, 2.24) is 5.32 Å². The van der Waals surface area contributed by atoms with E-state index in [9.17, 15) is 9.00 Å². The second-order valence-electron chi connectivity index (χ2n) is 5.09. The minimum atomic E-state index is -0.992. The highest BCUT2D eigenvalue weighted by atomic mass is 32.2. The van der Waals surface area contributed by atoms with Crippen LogP contribution in [0.25, 0.3) is 0 Å². The van der Waals surface area contributed by atoms with E-state index in [0.29, 0.717) is 12.2 Å². The number of carbonyl (C=O) groups is 1. The fourth-order valence-electron chi connectivity index (χ4n) is 2.11. The first-order valence-electron chi connectivity index (χ1n) is 7.11. The molecule has 2 aromatic carbocycles. The number of methoxy groups -OCH3 is 1. The predicted molar refractivity (Wildman–Crippen MR) is 92.4 cm³/mol. The summed E-state index contributed by atoms with van der Waals surface area (Å²) in [5.74, 6) is 0.782. The van der Waals surface area contributed by atoms with Gasteiger partial charge in [0.2, 0.25) is 0 Å². The molecule has 0 aliphatic rings. The molecule has 1 unspecified atom stereocenters. The van der Waals surface area contributed by atoms with Crippen molar-refractivity contribution in [1.29, 1.82) is 0 Å². The van der Waals surface area contributed by atoms with Gasteiger partial charge >= 0.3 is 6.03 Å². The third-order valence-corrected chi connectivity index (χ3v) is 4.30. The first kappa shape index (κ1) is 17.0. The number of nitrogens with one attached hydrogen (secondary N) is 2. The highest BCUT2D eigenvalue weighted by Crippen LogP contribution is 2.21. The molecule has 2 amide bonds. The number of ether oxygens (including phenoxy) is 1. The second-order valence-corrected chi connectivity index (χ2v) is 6.47. The molecule has 5 nitrogen and oxygen atoms in total. The van der Waals surface area contributed by atoms with Gasteiger partial charge in [-0.05, 0) is 48.4 Å². The Kier molecular flexibility index (Phi) is 5.76. The van der Waals surface area contributed by atoms with Gasteiger partial charge < -0.3 is 15.4 Å². The standard InChI is InChI=1S/C17H20N2O3S/c1-12-10-14(6-9-16(12)22-2)19-17(20)18-11-13-4-7-15(8-5-13)23(3)21/h4-10H,11H2,1-3H3,(H2,18,19,20). The smallest absolute Gasteiger partial charge is 0.319 e. The molecule has 0 heterocycles. The molecule has 0 fully saturated rings. The summed E-state index contributed by atoms with van der Waals surface area (Å²) in [5, 5.41) is 5.57. The van der Waals surface area contributed by atoms with Crippen LogP contribution >= 0.6 is 0 Å². The van der Waals surface area contributed by atoms with Gasteiger partial charge in [-0.2, -0.15) is 0 Å². The van der Waals surface area contributed by atoms with Gasteiger partial charge in [-0.3, -0.25) is 4.21 Å². The van der Waals surface area contributed by atoms with Gasteiger partial charge in [-0.15, -0.1) is 0 Å². The zero-order chi connectivity index (χ0) is 16.8. The van der Waals surface area contributed by atoms with Gasteiger partial charge in [0.05, 0.1) is 7.11 Å². The van der Waals surface area contributed by atoms with Gasteiger partial charge in [0.1, 0.15) is 5.75 Å². The van der Waals surface area contributed by atoms with E-state index in [1.807, 2.05) is 31.2 Å². The number of rotatable bonds is 5. The van der Waals surface area contributed by atoms with Crippen molar-refractivity contribution in [2.75, 3.05) is 18.7 Å². The molecule has 2 aromatic rings. The lowest BCUT2D eigenvalue weighted by Gasteiger charge is -2.10. The summed E-state index contributed by atoms with van der Waals surface area (Å²) in [5.41, 5.74) is 2.60. The van der Waals surface area contributed by atoms with Crippen molar-refractivity contribution in [2.24, 2.45) is 0 Å². The van der Waals surface area contributed by atoms with Crippen LogP contribution in [0.5, 0.6) is 5.75 Å². The first-order chi connectivity index (χ1) is 11.0. The van der Waals surface area contributed by atoms with Crippen molar-refractivity contribution >= 4 is 22.5 Å². The summed E-state index contributed by atoms with van der Waals surface area (Å²) in [4.78, 5) is 12.7. The van der Waals surface area contributed by atoms with Crippen molar-refractivity contribution in [3.63, 3.8) is 0 Å². The average Bonchev–Trinajstić information content (AvgIpc) is 2.53. The zero-order valence-electron chi connectivity index (χ0n) is 13.4. The maximum atomic E-state index is 11.9. The minimum absolute atomic E-state index is 0.280. The molecule has 6 heteroatoms. The molecule has 0 radical (unpaired) electrons. The SMILES string of the molecule is COc1ccc(NC(=O)NCc2ccc(S(C)=O)cc2)cc1C. The van der Waals surface area contributed by atoms with E-state index in [1.165, 1.54) is 0 Å². The van der Waals surface area contributed by atoms with E-state index < -0.39 is 10.8 Å². The summed E-state index contributed by atoms with van der Waals surface area (Å²) in [6.45, 7) is 2.32. The van der Waals surface area contributed by atoms with Crippen LogP contribution in [-0.4, -0.2) is 23.6 Å². The fourth-order valence-corrected chi connectivity index (χ4v) is 2.63. The first-order valence-corrected chi connectivity index (χ1v) is 8.67. The maximum Gasteiger partial charge on any atom is 0.319 e. The number of amides is 2. The van der Waals surface area contributed by atoms with Gasteiger partial charge in [-0.25, -0.2) is 4.79 Å². The number of aryl methyl sites for hydroxylation is 1. The Bertz CT molecular complexity index is 714. The van der Waals surface area contributed by atoms with Gasteiger partial charge in [0, 0.05) is 34.2 Å². The zero-order valence-corrected chi connectivity index (χ0v) is 14.2. The van der Waals surface area contributed by atoms with Crippen molar-refractivity contribution < 1.29 is 13.7 Å². The van der Waals surface area contributed by atoms with Crippen LogP contribution in [-0.2, 0) is 17.3 Å². The Labute approximate surface area is 138 Å². The molecule has 0 spiro atoms. The fraction of sp³-hybridized carbons (Fsp3) is 0.235. The van der Waals surface area contributed by atoms with Crippen LogP contribution in [0, 0.1) is 6.92 Å². The molecule has 0 aliphatic heterocycles. The highest BCUT2D eigenvalue weighted by Gasteiger charge is 2.05. The van der Waals surface area contributed by atoms with Crippen LogP contribution in [0.3, 0.4) is 0 Å². The largest absolute Gasteiger partial charge is 0.496 e. The molecule has 1 atom stereocenters. The number of carbonyl (C=O) groups excluding carboxylic acids is 1. The molecule has 0 bridgehead atoms. The van der Waals surface area contributed by atoms with E-state index in [2.05, 4.69) is 10.6 Å². The lowest BCUT2D eigenvalue weighted by Crippen LogP contribution is -2.28. The third-order valence-electron chi connectivity index (χ3n) is 3.36. The Hall–Kier alpha value is -2.34. The van der Waals surface area contributed by atoms with Crippen molar-refractivity contribution in [2.45, 2.75) is 18.4 Å². The lowest BCUT2D eigenvalue weighted by molar-refractivity contribution is 0.251. The maximum absolute atomic E-state index is 11.9. The molecule has 0 aliphatic carbocycles. The van der Waals surface area contributed by atoms with E-state index in [1.54, 1.807) is 31.6 Å². The summed E-state index contributed by atoms with van der Waals surface area (Å²) >= 11 is 0. The molecule has 0 saturated carbocycles. The van der Waals surface area contributed by atoms with E-state index in [-0.39, 0.29) is 6.03 Å². The molecule has 23 heavy (non-hydrogen) atoms. The normalized spacial score (nSPS) is 11.6. The Morgan fingerprint density at radius 3 is 2.43 bits per heavy atom. The van der Waals surface area contributed by atoms with Gasteiger partial charge in [0.25, 0.3) is 0 Å². The Morgan fingerprint density at radius 1 is 1.17 bits per heavy atom. The summed E-state index contributed by atoms with van der Waals surface area (Å²) in [6.07, 6.45) is 1.64. The summed E-state index contributed by atoms with van der Waals surface area (Å²) < 4.78 is 16.5. The predicted octanol–water partition coefficient (Wildman–Crippen LogP) is 3.06. The lowest BCUT2D eigenvalue weighted by atomic mass is 10.2. The summed E-state index contributed by atoms with van der Waals surface area (Å²) in [6, 6.07) is 12.5. The molecule has 2 N–H and O–H groups in total. The average molecular weight is 332 g/mol. The minimum Gasteiger partial charge on any atom is -0.496 e. The van der Waals surface area contributed by atoms with Crippen LogP contribution in [0.15, 0.2) is 47.4 Å². The van der Waals surface area contributed by atoms with Crippen LogP contribution < -0.4 is 15.4 Å². The molecular formula is C17H20N2O3S. The highest BCUT2D eigenvalue weighted by molar-refractivity contribution is 7.84. The number of anilines is 1. The molecular weight excluding hydrogens is 312 g/mol. The van der Waals surface area contributed by atoms with E-state index in [0.717, 1.165) is 21.8 Å². The van der Waals surface area contributed by atoms with E-state index >= 15 is 0 Å². The Morgan fingerprint density at radius 2 is 1.87 bits per heavy atom. The summed E-state index contributed by atoms with van der Waals surface area (Å²) in [7, 11) is 0.621. The van der Waals surface area contributed by atoms with E-state index in [4.69, 9.17) is 4.74 Å². The van der Waals surface area contributed by atoms with Crippen molar-refractivity contribution in [3.8, 4) is 5.75 Å². The van der Waals surface area contributed by atoms with Gasteiger partial charge in [-0.1, -0.05) is 12.1 Å². The third kappa shape index (κ3) is 4.82. The number of benzene rings is 2. The Balaban J connectivity index is 1.89. The molecule has 122 valence electrons.